The minimum Gasteiger partial charge on any atom is -0.497 e. The van der Waals surface area contributed by atoms with Gasteiger partial charge in [-0.1, -0.05) is 30.7 Å². The van der Waals surface area contributed by atoms with E-state index in [1.165, 1.54) is 5.56 Å². The number of hydrogen-bond donors (Lipinski definition) is 0. The molecule has 1 saturated heterocycles. The first-order valence-electron chi connectivity index (χ1n) is 10.0. The molecule has 1 aliphatic heterocycles. The summed E-state index contributed by atoms with van der Waals surface area (Å²) in [7, 11) is 1.69. The van der Waals surface area contributed by atoms with Gasteiger partial charge in [-0.15, -0.1) is 12.4 Å². The Labute approximate surface area is 185 Å². The van der Waals surface area contributed by atoms with Crippen molar-refractivity contribution in [2.24, 2.45) is 0 Å². The van der Waals surface area contributed by atoms with Crippen molar-refractivity contribution in [3.63, 3.8) is 0 Å². The van der Waals surface area contributed by atoms with Crippen molar-refractivity contribution in [2.45, 2.75) is 38.6 Å². The average Bonchev–Trinajstić information content (AvgIpc) is 2.75. The largest absolute Gasteiger partial charge is 0.497 e. The molecule has 0 unspecified atom stereocenters. The smallest absolute Gasteiger partial charge is 0.226 e. The van der Waals surface area contributed by atoms with Gasteiger partial charge in [0.2, 0.25) is 5.91 Å². The standard InChI is InChI=1S/C23H29ClN2O2.ClH/c1-3-23(27)26(20-8-6-19(24)7-9-20)21-13-16-25(17-14-21)15-12-18-4-10-22(28-2)11-5-18;/h4-11,21H,3,12-17H2,1-2H3;1H. The molecule has 2 aromatic carbocycles. The number of amides is 1. The van der Waals surface area contributed by atoms with Crippen molar-refractivity contribution in [1.29, 1.82) is 0 Å². The van der Waals surface area contributed by atoms with Crippen LogP contribution < -0.4 is 9.64 Å². The second-order valence-electron chi connectivity index (χ2n) is 7.26. The monoisotopic (exact) mass is 436 g/mol. The number of anilines is 1. The van der Waals surface area contributed by atoms with Gasteiger partial charge in [0.05, 0.1) is 7.11 Å². The highest BCUT2D eigenvalue weighted by atomic mass is 35.5. The highest BCUT2D eigenvalue weighted by molar-refractivity contribution is 6.30. The number of carbonyl (C=O) groups is 1. The Morgan fingerprint density at radius 3 is 2.28 bits per heavy atom. The zero-order valence-corrected chi connectivity index (χ0v) is 18.7. The van der Waals surface area contributed by atoms with E-state index in [9.17, 15) is 4.79 Å². The molecular weight excluding hydrogens is 407 g/mol. The maximum atomic E-state index is 12.6. The molecule has 1 amide bonds. The summed E-state index contributed by atoms with van der Waals surface area (Å²) in [6.07, 6.45) is 3.54. The van der Waals surface area contributed by atoms with Gasteiger partial charge in [-0.3, -0.25) is 4.79 Å². The number of piperidine rings is 1. The molecule has 0 aromatic heterocycles. The topological polar surface area (TPSA) is 32.8 Å². The fourth-order valence-corrected chi connectivity index (χ4v) is 3.94. The van der Waals surface area contributed by atoms with Gasteiger partial charge in [-0.25, -0.2) is 0 Å². The summed E-state index contributed by atoms with van der Waals surface area (Å²) >= 11 is 6.02. The summed E-state index contributed by atoms with van der Waals surface area (Å²) in [5.41, 5.74) is 2.28. The lowest BCUT2D eigenvalue weighted by molar-refractivity contribution is -0.119. The Morgan fingerprint density at radius 2 is 1.72 bits per heavy atom. The van der Waals surface area contributed by atoms with E-state index in [1.807, 2.05) is 48.2 Å². The van der Waals surface area contributed by atoms with Crippen molar-refractivity contribution in [1.82, 2.24) is 4.90 Å². The zero-order chi connectivity index (χ0) is 19.9. The number of rotatable bonds is 7. The van der Waals surface area contributed by atoms with Crippen LogP contribution in [0.25, 0.3) is 0 Å². The highest BCUT2D eigenvalue weighted by Crippen LogP contribution is 2.26. The van der Waals surface area contributed by atoms with E-state index in [4.69, 9.17) is 16.3 Å². The second kappa shape index (κ2) is 11.4. The lowest BCUT2D eigenvalue weighted by Crippen LogP contribution is -2.47. The van der Waals surface area contributed by atoms with E-state index in [0.29, 0.717) is 11.4 Å². The summed E-state index contributed by atoms with van der Waals surface area (Å²) in [6, 6.07) is 16.2. The minimum absolute atomic E-state index is 0. The summed E-state index contributed by atoms with van der Waals surface area (Å²) < 4.78 is 5.22. The quantitative estimate of drug-likeness (QED) is 0.596. The molecule has 4 nitrogen and oxygen atoms in total. The number of carbonyl (C=O) groups excluding carboxylic acids is 1. The molecule has 0 saturated carbocycles. The van der Waals surface area contributed by atoms with Gasteiger partial charge >= 0.3 is 0 Å². The van der Waals surface area contributed by atoms with Crippen LogP contribution in [0.3, 0.4) is 0 Å². The van der Waals surface area contributed by atoms with Crippen molar-refractivity contribution >= 4 is 35.6 Å². The van der Waals surface area contributed by atoms with Crippen molar-refractivity contribution in [3.8, 4) is 5.75 Å². The highest BCUT2D eigenvalue weighted by Gasteiger charge is 2.28. The summed E-state index contributed by atoms with van der Waals surface area (Å²) in [5.74, 6) is 1.08. The molecule has 6 heteroatoms. The van der Waals surface area contributed by atoms with Gasteiger partial charge in [0.15, 0.2) is 0 Å². The molecule has 1 heterocycles. The normalized spacial score (nSPS) is 14.9. The van der Waals surface area contributed by atoms with E-state index < -0.39 is 0 Å². The van der Waals surface area contributed by atoms with Crippen molar-refractivity contribution in [3.05, 3.63) is 59.1 Å². The molecule has 0 aliphatic carbocycles. The number of nitrogens with zero attached hydrogens (tertiary/aromatic N) is 2. The van der Waals surface area contributed by atoms with E-state index in [2.05, 4.69) is 17.0 Å². The Kier molecular flexibility index (Phi) is 9.28. The first-order valence-corrected chi connectivity index (χ1v) is 10.4. The van der Waals surface area contributed by atoms with Gasteiger partial charge in [-0.05, 0) is 61.2 Å². The molecule has 3 rings (SSSR count). The lowest BCUT2D eigenvalue weighted by Gasteiger charge is -2.38. The third-order valence-corrected chi connectivity index (χ3v) is 5.73. The number of ether oxygens (including phenoxy) is 1. The third kappa shape index (κ3) is 6.36. The molecule has 0 spiro atoms. The molecule has 158 valence electrons. The van der Waals surface area contributed by atoms with Gasteiger partial charge in [0.1, 0.15) is 5.75 Å². The first kappa shape index (κ1) is 23.5. The van der Waals surface area contributed by atoms with Crippen LogP contribution in [-0.2, 0) is 11.2 Å². The molecule has 0 atom stereocenters. The fraction of sp³-hybridized carbons (Fsp3) is 0.435. The van der Waals surface area contributed by atoms with Crippen LogP contribution in [0.5, 0.6) is 5.75 Å². The van der Waals surface area contributed by atoms with Gasteiger partial charge < -0.3 is 14.5 Å². The van der Waals surface area contributed by atoms with Crippen molar-refractivity contribution < 1.29 is 9.53 Å². The molecular formula is C23H30Cl2N2O2. The van der Waals surface area contributed by atoms with E-state index in [-0.39, 0.29) is 24.4 Å². The molecule has 0 N–H and O–H groups in total. The van der Waals surface area contributed by atoms with Crippen LogP contribution in [0, 0.1) is 0 Å². The zero-order valence-electron chi connectivity index (χ0n) is 17.1. The number of methoxy groups -OCH3 is 1. The lowest BCUT2D eigenvalue weighted by atomic mass is 10.0. The minimum atomic E-state index is 0. The third-order valence-electron chi connectivity index (χ3n) is 5.47. The van der Waals surface area contributed by atoms with Crippen LogP contribution in [0.2, 0.25) is 5.02 Å². The van der Waals surface area contributed by atoms with Crippen LogP contribution in [0.4, 0.5) is 5.69 Å². The van der Waals surface area contributed by atoms with Gasteiger partial charge in [0, 0.05) is 42.8 Å². The van der Waals surface area contributed by atoms with E-state index in [1.54, 1.807) is 7.11 Å². The van der Waals surface area contributed by atoms with Crippen LogP contribution in [-0.4, -0.2) is 43.6 Å². The fourth-order valence-electron chi connectivity index (χ4n) is 3.81. The first-order chi connectivity index (χ1) is 13.6. The Hall–Kier alpha value is -1.75. The predicted molar refractivity (Wildman–Crippen MR) is 123 cm³/mol. The number of benzene rings is 2. The number of likely N-dealkylation sites (tertiary alicyclic amines) is 1. The molecule has 29 heavy (non-hydrogen) atoms. The Bertz CT molecular complexity index is 757. The van der Waals surface area contributed by atoms with Crippen LogP contribution >= 0.6 is 24.0 Å². The summed E-state index contributed by atoms with van der Waals surface area (Å²) in [6.45, 7) is 5.00. The molecule has 0 bridgehead atoms. The predicted octanol–water partition coefficient (Wildman–Crippen LogP) is 5.22. The Morgan fingerprint density at radius 1 is 1.10 bits per heavy atom. The molecule has 1 fully saturated rings. The molecule has 2 aromatic rings. The summed E-state index contributed by atoms with van der Waals surface area (Å²) in [4.78, 5) is 17.1. The maximum absolute atomic E-state index is 12.6. The van der Waals surface area contributed by atoms with E-state index in [0.717, 1.165) is 50.3 Å². The van der Waals surface area contributed by atoms with Crippen LogP contribution in [0.15, 0.2) is 48.5 Å². The van der Waals surface area contributed by atoms with Gasteiger partial charge in [0.25, 0.3) is 0 Å². The average molecular weight is 437 g/mol. The van der Waals surface area contributed by atoms with Crippen LogP contribution in [0.1, 0.15) is 31.7 Å². The Balaban J connectivity index is 0.00000300. The number of hydrogen-bond acceptors (Lipinski definition) is 3. The summed E-state index contributed by atoms with van der Waals surface area (Å²) in [5, 5.41) is 0.695. The van der Waals surface area contributed by atoms with Gasteiger partial charge in [-0.2, -0.15) is 0 Å². The SMILES string of the molecule is CCC(=O)N(c1ccc(Cl)cc1)C1CCN(CCc2ccc(OC)cc2)CC1.Cl. The number of halogens is 2. The van der Waals surface area contributed by atoms with Crippen molar-refractivity contribution in [2.75, 3.05) is 31.6 Å². The molecule has 1 aliphatic rings. The maximum Gasteiger partial charge on any atom is 0.226 e. The van der Waals surface area contributed by atoms with E-state index >= 15 is 0 Å². The molecule has 0 radical (unpaired) electrons. The second-order valence-corrected chi connectivity index (χ2v) is 7.70.